The van der Waals surface area contributed by atoms with Gasteiger partial charge in [0.25, 0.3) is 0 Å². The van der Waals surface area contributed by atoms with Crippen LogP contribution in [0, 0.1) is 29.1 Å². The Balaban J connectivity index is 1.13. The highest BCUT2D eigenvalue weighted by atomic mass is 15.1. The monoisotopic (exact) mass is 722 g/mol. The lowest BCUT2D eigenvalue weighted by atomic mass is 9.49. The summed E-state index contributed by atoms with van der Waals surface area (Å²) in [5.74, 6) is 4.51. The van der Waals surface area contributed by atoms with Crippen molar-refractivity contribution >= 4 is 43.6 Å². The van der Waals surface area contributed by atoms with Crippen molar-refractivity contribution in [2.45, 2.75) is 43.9 Å². The maximum atomic E-state index is 10.3. The summed E-state index contributed by atoms with van der Waals surface area (Å²) in [4.78, 5) is 16.1. The summed E-state index contributed by atoms with van der Waals surface area (Å²) in [6.07, 6.45) is 7.50. The maximum Gasteiger partial charge on any atom is 0.165 e. The number of hydrogen-bond donors (Lipinski definition) is 0. The fourth-order valence-electron chi connectivity index (χ4n) is 11.4. The van der Waals surface area contributed by atoms with E-state index in [2.05, 4.69) is 137 Å². The summed E-state index contributed by atoms with van der Waals surface area (Å²) in [7, 11) is 0. The Morgan fingerprint density at radius 1 is 0.518 bits per heavy atom. The first-order valence-electron chi connectivity index (χ1n) is 20.0. The quantitative estimate of drug-likeness (QED) is 0.177. The third-order valence-electron chi connectivity index (χ3n) is 13.3. The molecule has 4 saturated carbocycles. The molecule has 4 aliphatic rings. The van der Waals surface area contributed by atoms with Gasteiger partial charge >= 0.3 is 0 Å². The van der Waals surface area contributed by atoms with E-state index < -0.39 is 0 Å². The van der Waals surface area contributed by atoms with Crippen LogP contribution >= 0.6 is 0 Å². The zero-order valence-corrected chi connectivity index (χ0v) is 30.9. The van der Waals surface area contributed by atoms with E-state index in [1.54, 1.807) is 0 Å². The molecule has 4 aliphatic carbocycles. The third-order valence-corrected chi connectivity index (χ3v) is 13.3. The van der Waals surface area contributed by atoms with Crippen LogP contribution in [0.15, 0.2) is 140 Å². The van der Waals surface area contributed by atoms with Crippen LogP contribution in [0.25, 0.3) is 77.8 Å². The Bertz CT molecular complexity index is 3000. The highest BCUT2D eigenvalue weighted by Crippen LogP contribution is 2.60. The van der Waals surface area contributed by atoms with Crippen molar-refractivity contribution in [1.82, 2.24) is 24.1 Å². The van der Waals surface area contributed by atoms with Gasteiger partial charge in [-0.2, -0.15) is 5.26 Å². The molecule has 0 amide bonds. The average Bonchev–Trinajstić information content (AvgIpc) is 3.76. The number of nitriles is 1. The number of hydrogen-bond acceptors (Lipinski definition) is 4. The van der Waals surface area contributed by atoms with Gasteiger partial charge in [0.05, 0.1) is 45.1 Å². The Labute approximate surface area is 324 Å². The molecular formula is C50H38N6. The zero-order chi connectivity index (χ0) is 37.0. The Kier molecular flexibility index (Phi) is 6.78. The lowest BCUT2D eigenvalue weighted by Gasteiger charge is -2.56. The Morgan fingerprint density at radius 3 is 1.73 bits per heavy atom. The average molecular weight is 723 g/mol. The van der Waals surface area contributed by atoms with E-state index in [9.17, 15) is 5.26 Å². The molecule has 0 saturated heterocycles. The van der Waals surface area contributed by atoms with Crippen molar-refractivity contribution < 1.29 is 0 Å². The molecule has 0 atom stereocenters. The van der Waals surface area contributed by atoms with Gasteiger partial charge in [0.1, 0.15) is 5.82 Å². The number of para-hydroxylation sites is 3. The van der Waals surface area contributed by atoms with Crippen molar-refractivity contribution in [3.8, 4) is 40.2 Å². The first-order chi connectivity index (χ1) is 27.6. The van der Waals surface area contributed by atoms with Crippen LogP contribution in [0.5, 0.6) is 0 Å². The fourth-order valence-corrected chi connectivity index (χ4v) is 11.4. The van der Waals surface area contributed by atoms with E-state index in [0.717, 1.165) is 81.8 Å². The molecule has 6 nitrogen and oxygen atoms in total. The van der Waals surface area contributed by atoms with Gasteiger partial charge in [-0.05, 0) is 105 Å². The summed E-state index contributed by atoms with van der Waals surface area (Å²) in [5, 5.41) is 15.1. The van der Waals surface area contributed by atoms with Crippen molar-refractivity contribution in [2.75, 3.05) is 0 Å². The van der Waals surface area contributed by atoms with E-state index in [-0.39, 0.29) is 5.41 Å². The minimum Gasteiger partial charge on any atom is -0.309 e. The first-order valence-corrected chi connectivity index (χ1v) is 20.0. The molecule has 13 rings (SSSR count). The summed E-state index contributed by atoms with van der Waals surface area (Å²) in [5.41, 5.74) is 8.93. The molecule has 0 radical (unpaired) electrons. The number of benzene rings is 6. The second-order valence-corrected chi connectivity index (χ2v) is 16.6. The highest BCUT2D eigenvalue weighted by molar-refractivity contribution is 6.16. The topological polar surface area (TPSA) is 72.3 Å². The van der Waals surface area contributed by atoms with Gasteiger partial charge in [0.2, 0.25) is 0 Å². The largest absolute Gasteiger partial charge is 0.309 e. The van der Waals surface area contributed by atoms with Gasteiger partial charge in [-0.3, -0.25) is 0 Å². The molecule has 56 heavy (non-hydrogen) atoms. The molecule has 0 N–H and O–H groups in total. The minimum atomic E-state index is -0.0347. The van der Waals surface area contributed by atoms with Crippen molar-refractivity contribution in [3.63, 3.8) is 0 Å². The molecule has 0 spiro atoms. The van der Waals surface area contributed by atoms with E-state index in [1.807, 2.05) is 18.2 Å². The molecule has 6 heteroatoms. The van der Waals surface area contributed by atoms with E-state index >= 15 is 0 Å². The van der Waals surface area contributed by atoms with Gasteiger partial charge in [0.15, 0.2) is 11.6 Å². The second-order valence-electron chi connectivity index (χ2n) is 16.6. The smallest absolute Gasteiger partial charge is 0.165 e. The number of fused-ring (bicyclic) bond motifs is 6. The highest BCUT2D eigenvalue weighted by Gasteiger charge is 2.53. The molecule has 0 aliphatic heterocycles. The van der Waals surface area contributed by atoms with Gasteiger partial charge < -0.3 is 9.13 Å². The molecule has 4 bridgehead atoms. The molecule has 6 aromatic carbocycles. The van der Waals surface area contributed by atoms with E-state index in [1.165, 1.54) is 46.5 Å². The second kappa shape index (κ2) is 12.0. The third kappa shape index (κ3) is 4.64. The Hall–Kier alpha value is -6.58. The lowest BCUT2D eigenvalue weighted by Crippen LogP contribution is -2.49. The number of nitrogens with zero attached hydrogens (tertiary/aromatic N) is 6. The van der Waals surface area contributed by atoms with Gasteiger partial charge in [0, 0.05) is 38.1 Å². The van der Waals surface area contributed by atoms with Crippen LogP contribution in [0.4, 0.5) is 0 Å². The van der Waals surface area contributed by atoms with E-state index in [4.69, 9.17) is 15.0 Å². The molecule has 268 valence electrons. The van der Waals surface area contributed by atoms with E-state index in [0.29, 0.717) is 17.2 Å². The van der Waals surface area contributed by atoms with Crippen LogP contribution < -0.4 is 0 Å². The zero-order valence-electron chi connectivity index (χ0n) is 30.9. The number of rotatable bonds is 5. The van der Waals surface area contributed by atoms with Gasteiger partial charge in [-0.1, -0.05) is 91.0 Å². The standard InChI is InChI=1S/C50H38N6/c51-30-31-21-22-43(39(26-31)48-52-47(35-11-2-1-3-12-35)53-49(54-48)50-27-32-23-33(28-50)25-34(24-32)29-50)56-42-18-9-6-15-38(42)46-44(19-10-20-45(46)56)55-40-16-7-4-13-36(40)37-14-5-8-17-41(37)55/h1-22,26,32-34H,23-25,27-29H2. The molecule has 4 fully saturated rings. The maximum absolute atomic E-state index is 10.3. The van der Waals surface area contributed by atoms with Crippen LogP contribution in [-0.4, -0.2) is 24.1 Å². The van der Waals surface area contributed by atoms with Crippen molar-refractivity contribution in [3.05, 3.63) is 151 Å². The molecule has 9 aromatic rings. The fraction of sp³-hybridized carbons (Fsp3) is 0.200. The normalized spacial score (nSPS) is 21.4. The molecule has 3 aromatic heterocycles. The molecule has 0 unspecified atom stereocenters. The van der Waals surface area contributed by atoms with Crippen molar-refractivity contribution in [2.24, 2.45) is 17.8 Å². The van der Waals surface area contributed by atoms with Crippen LogP contribution in [0.3, 0.4) is 0 Å². The summed E-state index contributed by atoms with van der Waals surface area (Å²) in [6, 6.07) is 51.5. The first kappa shape index (κ1) is 31.7. The Morgan fingerprint density at radius 2 is 1.07 bits per heavy atom. The summed E-state index contributed by atoms with van der Waals surface area (Å²) in [6.45, 7) is 0. The van der Waals surface area contributed by atoms with Crippen LogP contribution in [0.1, 0.15) is 49.9 Å². The lowest BCUT2D eigenvalue weighted by molar-refractivity contribution is -0.00938. The predicted octanol–water partition coefficient (Wildman–Crippen LogP) is 11.7. The van der Waals surface area contributed by atoms with Gasteiger partial charge in [-0.25, -0.2) is 15.0 Å². The van der Waals surface area contributed by atoms with Crippen LogP contribution in [0.2, 0.25) is 0 Å². The molecule has 3 heterocycles. The van der Waals surface area contributed by atoms with Gasteiger partial charge in [-0.15, -0.1) is 0 Å². The number of aromatic nitrogens is 5. The van der Waals surface area contributed by atoms with Crippen molar-refractivity contribution in [1.29, 1.82) is 5.26 Å². The predicted molar refractivity (Wildman–Crippen MR) is 224 cm³/mol. The SMILES string of the molecule is N#Cc1ccc(-n2c3ccccc3c3c(-n4c5ccccc5c5ccccc54)cccc32)c(-c2nc(-c3ccccc3)nc(C34CC5CC(CC(C5)C3)C4)n2)c1. The summed E-state index contributed by atoms with van der Waals surface area (Å²) >= 11 is 0. The summed E-state index contributed by atoms with van der Waals surface area (Å²) < 4.78 is 4.77. The molecular weight excluding hydrogens is 685 g/mol. The van der Waals surface area contributed by atoms with Crippen LogP contribution in [-0.2, 0) is 5.41 Å². The minimum absolute atomic E-state index is 0.0347.